The van der Waals surface area contributed by atoms with E-state index in [0.717, 1.165) is 16.2 Å². The van der Waals surface area contributed by atoms with Crippen LogP contribution in [0.1, 0.15) is 12.8 Å². The zero-order valence-corrected chi connectivity index (χ0v) is 7.87. The highest BCUT2D eigenvalue weighted by molar-refractivity contribution is 9.28. The Hall–Kier alpha value is 0.190. The summed E-state index contributed by atoms with van der Waals surface area (Å²) in [6, 6.07) is 2.25. The summed E-state index contributed by atoms with van der Waals surface area (Å²) in [5.41, 5.74) is -0.137. The Morgan fingerprint density at radius 1 is 1.56 bits per heavy atom. The van der Waals surface area contributed by atoms with Crippen molar-refractivity contribution in [1.82, 2.24) is 0 Å². The van der Waals surface area contributed by atoms with Crippen molar-refractivity contribution in [2.24, 2.45) is 5.41 Å². The van der Waals surface area contributed by atoms with Gasteiger partial charge in [0, 0.05) is 0 Å². The molecular formula is C6H5Br2N. The minimum atomic E-state index is -0.137. The van der Waals surface area contributed by atoms with Crippen LogP contribution < -0.4 is 0 Å². The Balaban J connectivity index is 2.65. The molecule has 48 valence electrons. The molecule has 0 aromatic heterocycles. The lowest BCUT2D eigenvalue weighted by molar-refractivity contribution is 0.878. The maximum atomic E-state index is 8.57. The Bertz CT molecular complexity index is 182. The van der Waals surface area contributed by atoms with Crippen molar-refractivity contribution in [3.63, 3.8) is 0 Å². The number of nitriles is 1. The van der Waals surface area contributed by atoms with Gasteiger partial charge in [-0.15, -0.1) is 0 Å². The van der Waals surface area contributed by atoms with Crippen molar-refractivity contribution < 1.29 is 0 Å². The molecule has 1 saturated carbocycles. The van der Waals surface area contributed by atoms with Gasteiger partial charge in [-0.05, 0) is 50.8 Å². The van der Waals surface area contributed by atoms with Crippen LogP contribution in [0.2, 0.25) is 0 Å². The highest BCUT2D eigenvalue weighted by Gasteiger charge is 2.40. The Morgan fingerprint density at radius 2 is 2.11 bits per heavy atom. The van der Waals surface area contributed by atoms with Crippen LogP contribution in [-0.4, -0.2) is 0 Å². The molecule has 0 radical (unpaired) electrons. The zero-order valence-electron chi connectivity index (χ0n) is 4.69. The van der Waals surface area contributed by atoms with Gasteiger partial charge in [0.05, 0.1) is 14.9 Å². The lowest BCUT2D eigenvalue weighted by atomic mass is 10.1. The molecule has 1 aliphatic rings. The second-order valence-electron chi connectivity index (χ2n) is 2.20. The maximum Gasteiger partial charge on any atom is 0.0773 e. The fraction of sp³-hybridized carbons (Fsp3) is 0.500. The quantitative estimate of drug-likeness (QED) is 0.702. The smallest absolute Gasteiger partial charge is 0.0773 e. The Labute approximate surface area is 71.0 Å². The summed E-state index contributed by atoms with van der Waals surface area (Å²) in [6.45, 7) is 0. The van der Waals surface area contributed by atoms with E-state index >= 15 is 0 Å². The van der Waals surface area contributed by atoms with E-state index in [2.05, 4.69) is 37.9 Å². The number of allylic oxidation sites excluding steroid dienone is 1. The predicted molar refractivity (Wildman–Crippen MR) is 43.2 cm³/mol. The Morgan fingerprint density at radius 3 is 2.22 bits per heavy atom. The first-order valence-corrected chi connectivity index (χ1v) is 4.22. The van der Waals surface area contributed by atoms with Crippen molar-refractivity contribution in [2.75, 3.05) is 0 Å². The van der Waals surface area contributed by atoms with E-state index in [1.165, 1.54) is 0 Å². The first kappa shape index (κ1) is 7.30. The maximum absolute atomic E-state index is 8.57. The van der Waals surface area contributed by atoms with Crippen molar-refractivity contribution in [1.29, 1.82) is 5.26 Å². The van der Waals surface area contributed by atoms with Gasteiger partial charge in [0.25, 0.3) is 0 Å². The molecular weight excluding hydrogens is 246 g/mol. The van der Waals surface area contributed by atoms with Gasteiger partial charge < -0.3 is 0 Å². The monoisotopic (exact) mass is 249 g/mol. The molecule has 0 aromatic rings. The molecule has 0 bridgehead atoms. The van der Waals surface area contributed by atoms with Crippen molar-refractivity contribution >= 4 is 31.9 Å². The van der Waals surface area contributed by atoms with Crippen LogP contribution in [0.5, 0.6) is 0 Å². The minimum absolute atomic E-state index is 0.137. The topological polar surface area (TPSA) is 23.8 Å². The van der Waals surface area contributed by atoms with Crippen LogP contribution in [0.25, 0.3) is 0 Å². The van der Waals surface area contributed by atoms with Gasteiger partial charge in [0.2, 0.25) is 0 Å². The van der Waals surface area contributed by atoms with Crippen molar-refractivity contribution in [3.05, 3.63) is 9.47 Å². The van der Waals surface area contributed by atoms with E-state index in [1.807, 2.05) is 6.08 Å². The molecule has 0 unspecified atom stereocenters. The highest BCUT2D eigenvalue weighted by atomic mass is 79.9. The van der Waals surface area contributed by atoms with Gasteiger partial charge in [0.15, 0.2) is 0 Å². The average molecular weight is 251 g/mol. The summed E-state index contributed by atoms with van der Waals surface area (Å²) in [6.07, 6.45) is 3.92. The number of hydrogen-bond donors (Lipinski definition) is 0. The third kappa shape index (κ3) is 1.80. The molecule has 0 amide bonds. The summed E-state index contributed by atoms with van der Waals surface area (Å²) in [5, 5.41) is 8.57. The van der Waals surface area contributed by atoms with Crippen LogP contribution in [0.3, 0.4) is 0 Å². The molecule has 0 atom stereocenters. The molecule has 3 heteroatoms. The third-order valence-corrected chi connectivity index (χ3v) is 1.85. The van der Waals surface area contributed by atoms with E-state index in [1.54, 1.807) is 0 Å². The lowest BCUT2D eigenvalue weighted by Crippen LogP contribution is -1.87. The SMILES string of the molecule is N#CC1(C=C(Br)Br)CC1. The van der Waals surface area contributed by atoms with E-state index in [0.29, 0.717) is 0 Å². The van der Waals surface area contributed by atoms with E-state index in [4.69, 9.17) is 5.26 Å². The molecule has 0 N–H and O–H groups in total. The largest absolute Gasteiger partial charge is 0.197 e. The van der Waals surface area contributed by atoms with E-state index in [9.17, 15) is 0 Å². The molecule has 1 nitrogen and oxygen atoms in total. The zero-order chi connectivity index (χ0) is 6.91. The van der Waals surface area contributed by atoms with Crippen LogP contribution >= 0.6 is 31.9 Å². The lowest BCUT2D eigenvalue weighted by Gasteiger charge is -1.92. The molecule has 0 aromatic carbocycles. The van der Waals surface area contributed by atoms with Crippen LogP contribution in [0.4, 0.5) is 0 Å². The van der Waals surface area contributed by atoms with E-state index in [-0.39, 0.29) is 5.41 Å². The van der Waals surface area contributed by atoms with Gasteiger partial charge in [0.1, 0.15) is 0 Å². The first-order valence-electron chi connectivity index (χ1n) is 2.64. The first-order chi connectivity index (χ1) is 4.18. The summed E-state index contributed by atoms with van der Waals surface area (Å²) in [4.78, 5) is 0. The standard InChI is InChI=1S/C6H5Br2N/c7-5(8)3-6(4-9)1-2-6/h3H,1-2H2. The second-order valence-corrected chi connectivity index (χ2v) is 4.97. The number of rotatable bonds is 1. The molecule has 0 heterocycles. The van der Waals surface area contributed by atoms with Gasteiger partial charge in [-0.1, -0.05) is 0 Å². The second kappa shape index (κ2) is 2.43. The van der Waals surface area contributed by atoms with Gasteiger partial charge in [-0.2, -0.15) is 5.26 Å². The van der Waals surface area contributed by atoms with Gasteiger partial charge in [-0.3, -0.25) is 0 Å². The number of hydrogen-bond acceptors (Lipinski definition) is 1. The summed E-state index contributed by atoms with van der Waals surface area (Å²) >= 11 is 6.44. The van der Waals surface area contributed by atoms with E-state index < -0.39 is 0 Å². The molecule has 1 aliphatic carbocycles. The molecule has 0 saturated heterocycles. The predicted octanol–water partition coefficient (Wildman–Crippen LogP) is 2.92. The summed E-state index contributed by atoms with van der Waals surface area (Å²) in [7, 11) is 0. The fourth-order valence-electron chi connectivity index (χ4n) is 0.632. The molecule has 1 rings (SSSR count). The van der Waals surface area contributed by atoms with Crippen LogP contribution in [0.15, 0.2) is 9.47 Å². The summed E-state index contributed by atoms with van der Waals surface area (Å²) in [5.74, 6) is 0. The Kier molecular flexibility index (Phi) is 1.97. The number of halogens is 2. The van der Waals surface area contributed by atoms with Gasteiger partial charge in [-0.25, -0.2) is 0 Å². The molecule has 1 fully saturated rings. The molecule has 9 heavy (non-hydrogen) atoms. The summed E-state index contributed by atoms with van der Waals surface area (Å²) < 4.78 is 0.883. The van der Waals surface area contributed by atoms with Crippen molar-refractivity contribution in [2.45, 2.75) is 12.8 Å². The minimum Gasteiger partial charge on any atom is -0.197 e. The van der Waals surface area contributed by atoms with Gasteiger partial charge >= 0.3 is 0 Å². The van der Waals surface area contributed by atoms with Crippen LogP contribution in [-0.2, 0) is 0 Å². The molecule has 0 spiro atoms. The molecule has 0 aliphatic heterocycles. The fourth-order valence-corrected chi connectivity index (χ4v) is 1.51. The number of nitrogens with zero attached hydrogens (tertiary/aromatic N) is 1. The van der Waals surface area contributed by atoms with Crippen molar-refractivity contribution in [3.8, 4) is 6.07 Å². The normalized spacial score (nSPS) is 20.1. The average Bonchev–Trinajstić information content (AvgIpc) is 2.48. The third-order valence-electron chi connectivity index (χ3n) is 1.40. The highest BCUT2D eigenvalue weighted by Crippen LogP contribution is 2.48. The van der Waals surface area contributed by atoms with Crippen LogP contribution in [0, 0.1) is 16.7 Å².